The third-order valence-electron chi connectivity index (χ3n) is 3.59. The highest BCUT2D eigenvalue weighted by Crippen LogP contribution is 2.52. The van der Waals surface area contributed by atoms with E-state index in [0.29, 0.717) is 15.6 Å². The molecule has 0 bridgehead atoms. The Morgan fingerprint density at radius 2 is 1.95 bits per heavy atom. The highest BCUT2D eigenvalue weighted by atomic mass is 32.1. The van der Waals surface area contributed by atoms with Gasteiger partial charge in [0.1, 0.15) is 6.54 Å². The minimum Gasteiger partial charge on any atom is -0.397 e. The van der Waals surface area contributed by atoms with E-state index in [1.165, 1.54) is 0 Å². The van der Waals surface area contributed by atoms with Crippen LogP contribution in [0.15, 0.2) is 0 Å². The summed E-state index contributed by atoms with van der Waals surface area (Å²) < 4.78 is 37.0. The summed E-state index contributed by atoms with van der Waals surface area (Å²) in [6.07, 6.45) is -0.696. The first-order valence-corrected chi connectivity index (χ1v) is 7.45. The van der Waals surface area contributed by atoms with Gasteiger partial charge in [-0.15, -0.1) is 11.3 Å². The van der Waals surface area contributed by atoms with Crippen LogP contribution in [0.2, 0.25) is 0 Å². The number of thiophene rings is 1. The van der Waals surface area contributed by atoms with Crippen molar-refractivity contribution in [2.24, 2.45) is 5.92 Å². The number of alkyl halides is 3. The van der Waals surface area contributed by atoms with Crippen molar-refractivity contribution < 1.29 is 18.0 Å². The Bertz CT molecular complexity index is 545. The van der Waals surface area contributed by atoms with Crippen LogP contribution in [-0.2, 0) is 0 Å². The lowest BCUT2D eigenvalue weighted by atomic mass is 10.1. The van der Waals surface area contributed by atoms with Crippen molar-refractivity contribution in [1.82, 2.24) is 0 Å². The largest absolute Gasteiger partial charge is 0.405 e. The van der Waals surface area contributed by atoms with Crippen LogP contribution in [0.25, 0.3) is 0 Å². The molecular weight excluding hydrogens is 289 g/mol. The van der Waals surface area contributed by atoms with Crippen molar-refractivity contribution in [2.75, 3.05) is 17.6 Å². The van der Waals surface area contributed by atoms with Crippen LogP contribution in [0.3, 0.4) is 0 Å². The first kappa shape index (κ1) is 13.7. The maximum atomic E-state index is 12.3. The number of nitrogens with two attached hydrogens (primary N) is 1. The maximum Gasteiger partial charge on any atom is 0.405 e. The number of ketones is 1. The summed E-state index contributed by atoms with van der Waals surface area (Å²) in [4.78, 5) is 12.6. The third-order valence-corrected chi connectivity index (χ3v) is 4.78. The van der Waals surface area contributed by atoms with E-state index in [4.69, 9.17) is 5.73 Å². The Hall–Kier alpha value is -1.24. The number of hydrogen-bond donors (Lipinski definition) is 2. The highest BCUT2D eigenvalue weighted by Gasteiger charge is 2.38. The number of carbonyl (C=O) groups excluding carboxylic acids is 1. The second-order valence-corrected chi connectivity index (χ2v) is 6.49. The van der Waals surface area contributed by atoms with Gasteiger partial charge in [0.2, 0.25) is 0 Å². The summed E-state index contributed by atoms with van der Waals surface area (Å²) in [6.45, 7) is -1.09. The lowest BCUT2D eigenvalue weighted by Gasteiger charge is -2.09. The van der Waals surface area contributed by atoms with Gasteiger partial charge in [0.15, 0.2) is 5.78 Å². The van der Waals surface area contributed by atoms with E-state index in [-0.39, 0.29) is 17.6 Å². The third kappa shape index (κ3) is 2.77. The molecule has 2 fully saturated rings. The normalized spacial score (nSPS) is 19.1. The monoisotopic (exact) mass is 304 g/mol. The average Bonchev–Trinajstić information content (AvgIpc) is 3.22. The second kappa shape index (κ2) is 4.65. The average molecular weight is 304 g/mol. The lowest BCUT2D eigenvalue weighted by molar-refractivity contribution is -0.115. The number of nitrogens with one attached hydrogen (secondary N) is 1. The summed E-state index contributed by atoms with van der Waals surface area (Å²) in [5.41, 5.74) is 7.15. The SMILES string of the molecule is Nc1c(C(=O)C2CC2)sc(NCC(F)(F)F)c1C1CC1. The van der Waals surface area contributed by atoms with E-state index in [1.807, 2.05) is 0 Å². The molecule has 110 valence electrons. The van der Waals surface area contributed by atoms with Gasteiger partial charge in [-0.2, -0.15) is 13.2 Å². The molecule has 0 aromatic carbocycles. The van der Waals surface area contributed by atoms with Gasteiger partial charge < -0.3 is 11.1 Å². The maximum absolute atomic E-state index is 12.3. The van der Waals surface area contributed by atoms with Crippen LogP contribution in [0, 0.1) is 5.92 Å². The lowest BCUT2D eigenvalue weighted by Crippen LogP contribution is -2.21. The quantitative estimate of drug-likeness (QED) is 0.814. The number of anilines is 2. The zero-order valence-corrected chi connectivity index (χ0v) is 11.5. The Labute approximate surface area is 118 Å². The molecule has 0 unspecified atom stereocenters. The van der Waals surface area contributed by atoms with E-state index < -0.39 is 12.7 Å². The molecule has 0 amide bonds. The number of carbonyl (C=O) groups is 1. The van der Waals surface area contributed by atoms with Crippen LogP contribution in [0.5, 0.6) is 0 Å². The molecule has 0 saturated heterocycles. The minimum absolute atomic E-state index is 0.00513. The molecule has 2 aliphatic carbocycles. The summed E-state index contributed by atoms with van der Waals surface area (Å²) in [5, 5.41) is 2.83. The zero-order chi connectivity index (χ0) is 14.5. The fourth-order valence-corrected chi connectivity index (χ4v) is 3.48. The van der Waals surface area contributed by atoms with E-state index in [0.717, 1.165) is 42.6 Å². The van der Waals surface area contributed by atoms with E-state index >= 15 is 0 Å². The molecule has 0 spiro atoms. The molecule has 1 aromatic heterocycles. The topological polar surface area (TPSA) is 55.1 Å². The molecule has 3 N–H and O–H groups in total. The first-order chi connectivity index (χ1) is 9.37. The molecule has 0 atom stereocenters. The minimum atomic E-state index is -4.28. The second-order valence-electron chi connectivity index (χ2n) is 5.47. The van der Waals surface area contributed by atoms with Crippen molar-refractivity contribution in [3.63, 3.8) is 0 Å². The molecule has 7 heteroatoms. The predicted molar refractivity (Wildman–Crippen MR) is 72.3 cm³/mol. The molecule has 1 aromatic rings. The number of halogens is 3. The standard InChI is InChI=1S/C13H15F3N2OS/c14-13(15,16)5-18-12-8(6-1-2-6)9(17)11(20-12)10(19)7-3-4-7/h6-7,18H,1-5,17H2. The summed E-state index contributed by atoms with van der Waals surface area (Å²) in [6, 6.07) is 0. The van der Waals surface area contributed by atoms with Gasteiger partial charge in [-0.05, 0) is 31.6 Å². The molecule has 3 rings (SSSR count). The van der Waals surface area contributed by atoms with Gasteiger partial charge >= 0.3 is 6.18 Å². The van der Waals surface area contributed by atoms with Gasteiger partial charge in [0, 0.05) is 11.5 Å². The Morgan fingerprint density at radius 1 is 1.30 bits per heavy atom. The van der Waals surface area contributed by atoms with Gasteiger partial charge in [0.25, 0.3) is 0 Å². The van der Waals surface area contributed by atoms with Crippen LogP contribution >= 0.6 is 11.3 Å². The Balaban J connectivity index is 1.87. The predicted octanol–water partition coefficient (Wildman–Crippen LogP) is 3.77. The molecule has 1 heterocycles. The van der Waals surface area contributed by atoms with Crippen molar-refractivity contribution in [2.45, 2.75) is 37.8 Å². The van der Waals surface area contributed by atoms with Crippen molar-refractivity contribution in [3.8, 4) is 0 Å². The van der Waals surface area contributed by atoms with E-state index in [2.05, 4.69) is 5.32 Å². The molecule has 2 aliphatic rings. The van der Waals surface area contributed by atoms with Crippen LogP contribution < -0.4 is 11.1 Å². The molecule has 20 heavy (non-hydrogen) atoms. The van der Waals surface area contributed by atoms with Crippen LogP contribution in [0.4, 0.5) is 23.9 Å². The first-order valence-electron chi connectivity index (χ1n) is 6.64. The molecule has 0 radical (unpaired) electrons. The van der Waals surface area contributed by atoms with Crippen molar-refractivity contribution in [1.29, 1.82) is 0 Å². The van der Waals surface area contributed by atoms with Crippen LogP contribution in [-0.4, -0.2) is 18.5 Å². The fourth-order valence-electron chi connectivity index (χ4n) is 2.26. The Kier molecular flexibility index (Phi) is 3.19. The fraction of sp³-hybridized carbons (Fsp3) is 0.615. The van der Waals surface area contributed by atoms with E-state index in [9.17, 15) is 18.0 Å². The summed E-state index contributed by atoms with van der Waals surface area (Å²) in [7, 11) is 0. The summed E-state index contributed by atoms with van der Waals surface area (Å²) in [5.74, 6) is 0.232. The number of Topliss-reactive ketones (excluding diaryl/α,β-unsaturated/α-hetero) is 1. The van der Waals surface area contributed by atoms with Crippen molar-refractivity contribution >= 4 is 27.8 Å². The van der Waals surface area contributed by atoms with E-state index in [1.54, 1.807) is 0 Å². The van der Waals surface area contributed by atoms with Crippen LogP contribution in [0.1, 0.15) is 46.8 Å². The number of rotatable bonds is 5. The Morgan fingerprint density at radius 3 is 2.45 bits per heavy atom. The smallest absolute Gasteiger partial charge is 0.397 e. The van der Waals surface area contributed by atoms with Crippen molar-refractivity contribution in [3.05, 3.63) is 10.4 Å². The molecule has 0 aliphatic heterocycles. The number of nitrogen functional groups attached to an aromatic ring is 1. The van der Waals surface area contributed by atoms with Gasteiger partial charge in [-0.1, -0.05) is 0 Å². The van der Waals surface area contributed by atoms with Gasteiger partial charge in [-0.25, -0.2) is 0 Å². The molecular formula is C13H15F3N2OS. The molecule has 3 nitrogen and oxygen atoms in total. The zero-order valence-electron chi connectivity index (χ0n) is 10.7. The highest BCUT2D eigenvalue weighted by molar-refractivity contribution is 7.18. The molecule has 2 saturated carbocycles. The van der Waals surface area contributed by atoms with Gasteiger partial charge in [-0.3, -0.25) is 4.79 Å². The van der Waals surface area contributed by atoms with Gasteiger partial charge in [0.05, 0.1) is 15.6 Å². The summed E-state index contributed by atoms with van der Waals surface area (Å²) >= 11 is 1.09. The number of hydrogen-bond acceptors (Lipinski definition) is 4.